The zero-order valence-electron chi connectivity index (χ0n) is 12.9. The fourth-order valence-electron chi connectivity index (χ4n) is 1.74. The van der Waals surface area contributed by atoms with Crippen molar-refractivity contribution < 1.29 is 19.1 Å². The van der Waals surface area contributed by atoms with E-state index in [2.05, 4.69) is 0 Å². The number of nitrogen functional groups attached to an aromatic ring is 1. The predicted octanol–water partition coefficient (Wildman–Crippen LogP) is 3.07. The average Bonchev–Trinajstić information content (AvgIpc) is 2.99. The van der Waals surface area contributed by atoms with Crippen LogP contribution in [0.1, 0.15) is 10.4 Å². The number of thiophene rings is 1. The van der Waals surface area contributed by atoms with Gasteiger partial charge in [0.2, 0.25) is 6.41 Å². The lowest BCUT2D eigenvalue weighted by molar-refractivity contribution is -0.107. The van der Waals surface area contributed by atoms with Gasteiger partial charge in [-0.15, -0.1) is 11.3 Å². The molecule has 7 nitrogen and oxygen atoms in total. The number of benzene rings is 1. The summed E-state index contributed by atoms with van der Waals surface area (Å²) in [5.74, 6) is -1.33. The van der Waals surface area contributed by atoms with Crippen molar-refractivity contribution in [1.82, 2.24) is 0 Å². The monoisotopic (exact) mass is 380 g/mol. The Labute approximate surface area is 150 Å². The Bertz CT molecular complexity index is 944. The number of rotatable bonds is 3. The summed E-state index contributed by atoms with van der Waals surface area (Å²) in [6.45, 7) is 0. The zero-order valence-corrected chi connectivity index (χ0v) is 14.5. The minimum absolute atomic E-state index is 0.272. The molecule has 0 atom stereocenters. The van der Waals surface area contributed by atoms with Crippen molar-refractivity contribution in [2.24, 2.45) is 0 Å². The standard InChI is InChI=1S/C10H7NO5S.C6H6ClN/c1-11(4-12)8-3-6-7(17-8)2-5(9(13)14)10(15)16-6;7-5-1-3-6(8)4-2-5/h2-4H,1H3,(H,13,14);1-4H,8H2. The smallest absolute Gasteiger partial charge is 0.351 e. The molecule has 0 radical (unpaired) electrons. The Kier molecular flexibility index (Phi) is 5.79. The molecule has 0 saturated heterocycles. The van der Waals surface area contributed by atoms with Gasteiger partial charge in [-0.05, 0) is 30.3 Å². The molecule has 2 heterocycles. The number of anilines is 2. The highest BCUT2D eigenvalue weighted by molar-refractivity contribution is 7.22. The van der Waals surface area contributed by atoms with Crippen LogP contribution in [0.4, 0.5) is 10.7 Å². The summed E-state index contributed by atoms with van der Waals surface area (Å²) >= 11 is 6.73. The Morgan fingerprint density at radius 2 is 1.96 bits per heavy atom. The van der Waals surface area contributed by atoms with E-state index in [0.717, 1.165) is 10.7 Å². The molecule has 3 N–H and O–H groups in total. The summed E-state index contributed by atoms with van der Waals surface area (Å²) < 4.78 is 5.37. The van der Waals surface area contributed by atoms with Crippen molar-refractivity contribution in [2.45, 2.75) is 0 Å². The summed E-state index contributed by atoms with van der Waals surface area (Å²) in [6, 6.07) is 9.82. The summed E-state index contributed by atoms with van der Waals surface area (Å²) in [5, 5.41) is 10.1. The second kappa shape index (κ2) is 7.82. The third-order valence-corrected chi connectivity index (χ3v) is 4.42. The molecule has 3 rings (SSSR count). The normalized spacial score (nSPS) is 10.0. The number of fused-ring (bicyclic) bond motifs is 1. The Morgan fingerprint density at radius 3 is 2.48 bits per heavy atom. The van der Waals surface area contributed by atoms with Crippen molar-refractivity contribution >= 4 is 56.3 Å². The van der Waals surface area contributed by atoms with Gasteiger partial charge in [-0.25, -0.2) is 9.59 Å². The van der Waals surface area contributed by atoms with Gasteiger partial charge >= 0.3 is 11.6 Å². The molecule has 1 aromatic carbocycles. The van der Waals surface area contributed by atoms with E-state index in [-0.39, 0.29) is 5.58 Å². The van der Waals surface area contributed by atoms with Gasteiger partial charge in [0.25, 0.3) is 0 Å². The first-order chi connectivity index (χ1) is 11.8. The van der Waals surface area contributed by atoms with Crippen molar-refractivity contribution in [3.05, 3.63) is 57.4 Å². The Hall–Kier alpha value is -2.84. The third-order valence-electron chi connectivity index (χ3n) is 3.02. The van der Waals surface area contributed by atoms with Gasteiger partial charge < -0.3 is 20.2 Å². The van der Waals surface area contributed by atoms with E-state index in [4.69, 9.17) is 26.9 Å². The van der Waals surface area contributed by atoms with E-state index in [9.17, 15) is 14.4 Å². The van der Waals surface area contributed by atoms with Crippen LogP contribution in [0.5, 0.6) is 0 Å². The second-order valence-electron chi connectivity index (χ2n) is 4.83. The lowest BCUT2D eigenvalue weighted by Gasteiger charge is -2.04. The van der Waals surface area contributed by atoms with E-state index < -0.39 is 17.2 Å². The quantitative estimate of drug-likeness (QED) is 0.533. The second-order valence-corrected chi connectivity index (χ2v) is 6.33. The SMILES string of the molecule is CN(C=O)c1cc2oc(=O)c(C(=O)O)cc2s1.Nc1ccc(Cl)cc1. The first-order valence-electron chi connectivity index (χ1n) is 6.82. The summed E-state index contributed by atoms with van der Waals surface area (Å²) in [5.41, 5.74) is 5.07. The molecule has 9 heteroatoms. The highest BCUT2D eigenvalue weighted by Gasteiger charge is 2.15. The van der Waals surface area contributed by atoms with Gasteiger partial charge in [-0.1, -0.05) is 11.6 Å². The molecular weight excluding hydrogens is 368 g/mol. The number of amides is 1. The molecule has 0 spiro atoms. The number of hydrogen-bond donors (Lipinski definition) is 2. The molecule has 25 heavy (non-hydrogen) atoms. The van der Waals surface area contributed by atoms with Gasteiger partial charge in [0.1, 0.15) is 10.6 Å². The molecule has 0 aliphatic heterocycles. The van der Waals surface area contributed by atoms with Crippen LogP contribution in [0.2, 0.25) is 5.02 Å². The number of carbonyl (C=O) groups is 2. The van der Waals surface area contributed by atoms with Crippen molar-refractivity contribution in [1.29, 1.82) is 0 Å². The van der Waals surface area contributed by atoms with Crippen LogP contribution in [0, 0.1) is 0 Å². The predicted molar refractivity (Wildman–Crippen MR) is 97.7 cm³/mol. The summed E-state index contributed by atoms with van der Waals surface area (Å²) in [7, 11) is 1.55. The van der Waals surface area contributed by atoms with Crippen molar-refractivity contribution in [3.8, 4) is 0 Å². The average molecular weight is 381 g/mol. The van der Waals surface area contributed by atoms with Gasteiger partial charge in [-0.2, -0.15) is 0 Å². The topological polar surface area (TPSA) is 114 Å². The van der Waals surface area contributed by atoms with Crippen molar-refractivity contribution in [2.75, 3.05) is 17.7 Å². The fraction of sp³-hybridized carbons (Fsp3) is 0.0625. The van der Waals surface area contributed by atoms with E-state index in [1.54, 1.807) is 31.3 Å². The molecule has 0 unspecified atom stereocenters. The number of carbonyl (C=O) groups excluding carboxylic acids is 1. The number of nitrogens with zero attached hydrogens (tertiary/aromatic N) is 1. The molecule has 0 bridgehead atoms. The molecule has 0 aliphatic carbocycles. The van der Waals surface area contributed by atoms with Gasteiger partial charge in [-0.3, -0.25) is 4.79 Å². The number of hydrogen-bond acceptors (Lipinski definition) is 6. The van der Waals surface area contributed by atoms with Gasteiger partial charge in [0.05, 0.1) is 4.70 Å². The van der Waals surface area contributed by atoms with Gasteiger partial charge in [0, 0.05) is 23.8 Å². The largest absolute Gasteiger partial charge is 0.477 e. The fourth-order valence-corrected chi connectivity index (χ4v) is 2.82. The molecule has 2 aromatic heterocycles. The minimum atomic E-state index is -1.33. The van der Waals surface area contributed by atoms with E-state index in [0.29, 0.717) is 16.1 Å². The highest BCUT2D eigenvalue weighted by Crippen LogP contribution is 2.31. The first-order valence-corrected chi connectivity index (χ1v) is 8.01. The maximum atomic E-state index is 11.3. The number of halogens is 1. The number of aromatic carboxylic acids is 1. The van der Waals surface area contributed by atoms with E-state index in [1.165, 1.54) is 28.4 Å². The van der Waals surface area contributed by atoms with Crippen LogP contribution in [0.25, 0.3) is 10.3 Å². The number of carboxylic acids is 1. The number of nitrogens with two attached hydrogens (primary N) is 1. The molecule has 3 aromatic rings. The van der Waals surface area contributed by atoms with E-state index in [1.807, 2.05) is 0 Å². The van der Waals surface area contributed by atoms with Crippen LogP contribution in [0.15, 0.2) is 45.6 Å². The minimum Gasteiger partial charge on any atom is -0.477 e. The zero-order chi connectivity index (χ0) is 18.6. The summed E-state index contributed by atoms with van der Waals surface area (Å²) in [4.78, 5) is 33.9. The van der Waals surface area contributed by atoms with Crippen LogP contribution in [-0.2, 0) is 4.79 Å². The Morgan fingerprint density at radius 1 is 1.32 bits per heavy atom. The lowest BCUT2D eigenvalue weighted by Crippen LogP contribution is -2.12. The molecule has 130 valence electrons. The molecular formula is C16H13ClN2O5S. The third kappa shape index (κ3) is 4.59. The Balaban J connectivity index is 0.000000236. The van der Waals surface area contributed by atoms with Crippen molar-refractivity contribution in [3.63, 3.8) is 0 Å². The first kappa shape index (κ1) is 18.5. The maximum Gasteiger partial charge on any atom is 0.351 e. The van der Waals surface area contributed by atoms with Gasteiger partial charge in [0.15, 0.2) is 5.58 Å². The number of carboxylic acid groups (broad SMARTS) is 1. The van der Waals surface area contributed by atoms with Crippen LogP contribution in [0.3, 0.4) is 0 Å². The molecule has 0 saturated carbocycles. The maximum absolute atomic E-state index is 11.3. The van der Waals surface area contributed by atoms with Crippen LogP contribution in [-0.4, -0.2) is 24.5 Å². The molecule has 1 amide bonds. The molecule has 0 aliphatic rings. The molecule has 0 fully saturated rings. The van der Waals surface area contributed by atoms with Crippen LogP contribution >= 0.6 is 22.9 Å². The lowest BCUT2D eigenvalue weighted by atomic mass is 10.3. The summed E-state index contributed by atoms with van der Waals surface area (Å²) in [6.07, 6.45) is 0.612. The van der Waals surface area contributed by atoms with E-state index >= 15 is 0 Å². The van der Waals surface area contributed by atoms with Crippen LogP contribution < -0.4 is 16.3 Å². The highest BCUT2D eigenvalue weighted by atomic mass is 35.5.